The Labute approximate surface area is 69.2 Å². The van der Waals surface area contributed by atoms with Crippen LogP contribution in [-0.2, 0) is 5.63 Å². The Morgan fingerprint density at radius 2 is 1.25 bits per heavy atom. The van der Waals surface area contributed by atoms with Gasteiger partial charge in [0.05, 0.1) is 0 Å². The van der Waals surface area contributed by atoms with E-state index in [1.54, 1.807) is 0 Å². The SMILES string of the molecule is [Ce].[O]=[Bi]=[O]. The van der Waals surface area contributed by atoms with Crippen molar-refractivity contribution in [1.82, 2.24) is 0 Å². The zero-order valence-electron chi connectivity index (χ0n) is 1.76. The van der Waals surface area contributed by atoms with Crippen molar-refractivity contribution >= 4 is 23.2 Å². The van der Waals surface area contributed by atoms with Gasteiger partial charge in [0.25, 0.3) is 0 Å². The van der Waals surface area contributed by atoms with Crippen molar-refractivity contribution in [2.24, 2.45) is 0 Å². The van der Waals surface area contributed by atoms with E-state index in [2.05, 4.69) is 0 Å². The molecule has 0 rings (SSSR count). The van der Waals surface area contributed by atoms with Gasteiger partial charge in [-0.3, -0.25) is 0 Å². The normalized spacial score (nSPS) is 2.00. The van der Waals surface area contributed by atoms with E-state index in [4.69, 9.17) is 5.63 Å². The number of hydrogen-bond acceptors (Lipinski definition) is 2. The number of hydrogen-bond donors (Lipinski definition) is 0. The van der Waals surface area contributed by atoms with E-state index in [1.807, 2.05) is 0 Å². The van der Waals surface area contributed by atoms with Gasteiger partial charge in [0.1, 0.15) is 0 Å². The first-order valence-corrected chi connectivity index (χ1v) is 3.20. The molecule has 4 heteroatoms. The van der Waals surface area contributed by atoms with Crippen LogP contribution in [0.1, 0.15) is 0 Å². The molecule has 0 aliphatic carbocycles. The van der Waals surface area contributed by atoms with Crippen molar-refractivity contribution in [1.29, 1.82) is 0 Å². The summed E-state index contributed by atoms with van der Waals surface area (Å²) in [5, 5.41) is 0. The molecule has 0 N–H and O–H groups in total. The van der Waals surface area contributed by atoms with Gasteiger partial charge in [-0.15, -0.1) is 0 Å². The van der Waals surface area contributed by atoms with E-state index >= 15 is 0 Å². The van der Waals surface area contributed by atoms with Crippen LogP contribution in [0, 0.1) is 41.7 Å². The first-order chi connectivity index (χ1) is 1.41. The molecule has 2 nitrogen and oxygen atoms in total. The summed E-state index contributed by atoms with van der Waals surface area (Å²) in [6.45, 7) is 0. The van der Waals surface area contributed by atoms with Crippen LogP contribution in [0.2, 0.25) is 0 Å². The molecule has 0 aromatic rings. The molecule has 0 saturated heterocycles. The zero-order valence-corrected chi connectivity index (χ0v) is 8.38. The predicted octanol–water partition coefficient (Wildman–Crippen LogP) is -0.618. The Hall–Kier alpha value is 1.86. The fraction of sp³-hybridized carbons (Fsp3) is 0. The molecule has 0 aliphatic rings. The Kier molecular flexibility index (Phi) is 20.6. The maximum absolute atomic E-state index is 8.56. The summed E-state index contributed by atoms with van der Waals surface area (Å²) in [5.74, 6) is 0. The van der Waals surface area contributed by atoms with Crippen LogP contribution in [0.5, 0.6) is 0 Å². The molecule has 0 bridgehead atoms. The second kappa shape index (κ2) is 8.85. The second-order valence-corrected chi connectivity index (χ2v) is 0.654. The summed E-state index contributed by atoms with van der Waals surface area (Å²) >= 11 is -2.33. The molecule has 0 heterocycles. The van der Waals surface area contributed by atoms with Gasteiger partial charge in [0.15, 0.2) is 0 Å². The first-order valence-electron chi connectivity index (χ1n) is 0.365. The minimum atomic E-state index is -2.33. The standard InChI is InChI=1S/Bi.Ce.2O. The summed E-state index contributed by atoms with van der Waals surface area (Å²) in [6.07, 6.45) is 0. The molecule has 0 aromatic carbocycles. The van der Waals surface area contributed by atoms with Crippen LogP contribution in [-0.4, -0.2) is 23.2 Å². The fourth-order valence-corrected chi connectivity index (χ4v) is 0. The molecule has 4 heavy (non-hydrogen) atoms. The molecule has 0 atom stereocenters. The van der Waals surface area contributed by atoms with Crippen LogP contribution in [0.25, 0.3) is 0 Å². The van der Waals surface area contributed by atoms with Gasteiger partial charge >= 0.3 is 28.9 Å². The van der Waals surface area contributed by atoms with E-state index in [-0.39, 0.29) is 41.7 Å². The van der Waals surface area contributed by atoms with Gasteiger partial charge in [-0.25, -0.2) is 0 Å². The second-order valence-electron chi connectivity index (χ2n) is 0.0745. The molecule has 0 unspecified atom stereocenters. The molecular formula is BiCeO2. The van der Waals surface area contributed by atoms with Crippen LogP contribution in [0.15, 0.2) is 0 Å². The topological polar surface area (TPSA) is 34.1 Å². The van der Waals surface area contributed by atoms with Crippen molar-refractivity contribution in [3.05, 3.63) is 0 Å². The molecule has 21 valence electrons. The molecule has 0 spiro atoms. The van der Waals surface area contributed by atoms with E-state index in [1.165, 1.54) is 0 Å². The third kappa shape index (κ3) is 9.13. The van der Waals surface area contributed by atoms with E-state index < -0.39 is 23.2 Å². The summed E-state index contributed by atoms with van der Waals surface area (Å²) in [5.41, 5.74) is 0. The van der Waals surface area contributed by atoms with Crippen molar-refractivity contribution in [3.8, 4) is 0 Å². The molecule has 0 amide bonds. The molecule has 0 fully saturated rings. The van der Waals surface area contributed by atoms with Gasteiger partial charge < -0.3 is 0 Å². The van der Waals surface area contributed by atoms with Crippen LogP contribution < -0.4 is 0 Å². The zero-order chi connectivity index (χ0) is 2.71. The van der Waals surface area contributed by atoms with Crippen LogP contribution in [0.3, 0.4) is 0 Å². The predicted molar refractivity (Wildman–Crippen MR) is 7.13 cm³/mol. The summed E-state index contributed by atoms with van der Waals surface area (Å²) in [7, 11) is 0. The molecule has 0 aliphatic heterocycles. The minimum absolute atomic E-state index is 0. The van der Waals surface area contributed by atoms with Gasteiger partial charge in [0.2, 0.25) is 0 Å². The van der Waals surface area contributed by atoms with Crippen molar-refractivity contribution in [2.75, 3.05) is 0 Å². The first kappa shape index (κ1) is 9.29. The van der Waals surface area contributed by atoms with Crippen LogP contribution >= 0.6 is 0 Å². The molecule has 1 radical (unpaired) electrons. The van der Waals surface area contributed by atoms with E-state index in [0.717, 1.165) is 0 Å². The Morgan fingerprint density at radius 3 is 1.25 bits per heavy atom. The summed E-state index contributed by atoms with van der Waals surface area (Å²) in [4.78, 5) is 0. The Balaban J connectivity index is 0. The fourth-order valence-electron chi connectivity index (χ4n) is 0. The third-order valence-corrected chi connectivity index (χ3v) is 0. The molecular weight excluding hydrogens is 381 g/mol. The van der Waals surface area contributed by atoms with Gasteiger partial charge in [-0.1, -0.05) is 0 Å². The monoisotopic (exact) mass is 381 g/mol. The van der Waals surface area contributed by atoms with Crippen LogP contribution in [0.4, 0.5) is 0 Å². The third-order valence-electron chi connectivity index (χ3n) is 0. The van der Waals surface area contributed by atoms with E-state index in [9.17, 15) is 0 Å². The average molecular weight is 381 g/mol. The van der Waals surface area contributed by atoms with Crippen molar-refractivity contribution < 1.29 is 47.4 Å². The van der Waals surface area contributed by atoms with Crippen molar-refractivity contribution in [3.63, 3.8) is 0 Å². The molecule has 0 aromatic heterocycles. The average Bonchev–Trinajstić information content (AvgIpc) is 0.918. The van der Waals surface area contributed by atoms with Gasteiger partial charge in [-0.2, -0.15) is 0 Å². The maximum atomic E-state index is 8.56. The quantitative estimate of drug-likeness (QED) is 0.525. The van der Waals surface area contributed by atoms with Gasteiger partial charge in [0, 0.05) is 41.7 Å². The van der Waals surface area contributed by atoms with E-state index in [0.29, 0.717) is 0 Å². The summed E-state index contributed by atoms with van der Waals surface area (Å²) < 4.78 is 17.1. The van der Waals surface area contributed by atoms with Crippen molar-refractivity contribution in [2.45, 2.75) is 0 Å². The Bertz CT molecular complexity index is 27.0. The number of rotatable bonds is 0. The molecule has 0 saturated carbocycles. The summed E-state index contributed by atoms with van der Waals surface area (Å²) in [6, 6.07) is 0. The Morgan fingerprint density at radius 1 is 1.25 bits per heavy atom. The van der Waals surface area contributed by atoms with Gasteiger partial charge in [-0.05, 0) is 0 Å².